The van der Waals surface area contributed by atoms with Crippen LogP contribution in [0.15, 0.2) is 88.1 Å². The average Bonchev–Trinajstić information content (AvgIpc) is 3.78. The maximum Gasteiger partial charge on any atom is 0.331 e. The Morgan fingerprint density at radius 2 is 1.87 bits per heavy atom. The van der Waals surface area contributed by atoms with E-state index in [0.29, 0.717) is 29.7 Å². The number of fused-ring (bicyclic) bond motifs is 2. The summed E-state index contributed by atoms with van der Waals surface area (Å²) in [6.45, 7) is 13.4. The molecule has 1 aromatic heterocycles. The number of aliphatic hydroxyl groups is 1. The second kappa shape index (κ2) is 16.4. The molecule has 1 aliphatic carbocycles. The van der Waals surface area contributed by atoms with E-state index in [1.807, 2.05) is 32.1 Å². The fourth-order valence-electron chi connectivity index (χ4n) is 8.36. The van der Waals surface area contributed by atoms with Crippen molar-refractivity contribution in [3.63, 3.8) is 0 Å². The first-order valence-corrected chi connectivity index (χ1v) is 19.1. The predicted molar refractivity (Wildman–Crippen MR) is 199 cm³/mol. The van der Waals surface area contributed by atoms with Gasteiger partial charge in [-0.05, 0) is 67.2 Å². The normalized spacial score (nSPS) is 40.0. The first kappa shape index (κ1) is 39.7. The van der Waals surface area contributed by atoms with Crippen molar-refractivity contribution in [2.45, 2.75) is 122 Å². The number of hydrogen-bond acceptors (Lipinski definition) is 11. The summed E-state index contributed by atoms with van der Waals surface area (Å²) in [5.41, 5.74) is -0.0989. The molecule has 11 nitrogen and oxygen atoms in total. The zero-order valence-electron chi connectivity index (χ0n) is 32.3. The van der Waals surface area contributed by atoms with E-state index in [0.717, 1.165) is 12.0 Å². The Labute approximate surface area is 317 Å². The summed E-state index contributed by atoms with van der Waals surface area (Å²) >= 11 is 0. The second-order valence-corrected chi connectivity index (χ2v) is 15.5. The molecule has 2 bridgehead atoms. The molecule has 0 unspecified atom stereocenters. The van der Waals surface area contributed by atoms with Crippen LogP contribution in [0.2, 0.25) is 0 Å². The smallest absolute Gasteiger partial charge is 0.331 e. The van der Waals surface area contributed by atoms with Gasteiger partial charge in [-0.3, -0.25) is 9.59 Å². The highest BCUT2D eigenvalue weighted by Gasteiger charge is 2.61. The Hall–Kier alpha value is -4.03. The third kappa shape index (κ3) is 8.29. The molecule has 11 heteroatoms. The monoisotopic (exact) mass is 746 g/mol. The molecule has 2 saturated heterocycles. The summed E-state index contributed by atoms with van der Waals surface area (Å²) < 4.78 is 43.1. The van der Waals surface area contributed by atoms with Crippen LogP contribution in [0.3, 0.4) is 0 Å². The molecule has 0 aromatic carbocycles. The van der Waals surface area contributed by atoms with Gasteiger partial charge in [-0.25, -0.2) is 4.79 Å². The fraction of sp³-hybridized carbons (Fsp3) is 0.558. The number of carbonyl (C=O) groups is 3. The molecule has 1 aromatic rings. The van der Waals surface area contributed by atoms with Crippen LogP contribution in [-0.2, 0) is 42.8 Å². The van der Waals surface area contributed by atoms with Crippen LogP contribution in [0.25, 0.3) is 6.08 Å². The summed E-state index contributed by atoms with van der Waals surface area (Å²) in [6.07, 6.45) is 15.6. The van der Waals surface area contributed by atoms with Gasteiger partial charge in [0.15, 0.2) is 11.9 Å². The molecule has 1 N–H and O–H groups in total. The van der Waals surface area contributed by atoms with E-state index >= 15 is 0 Å². The standard InChI is InChI=1S/C43H54O11/c1-8-25(2)38-28(5)18-19-42(54-38)23-34-22-33(53-42)15-14-27(4)37(50-30(7)44)26(3)11-9-12-31-24-49-40-39(52-36(45)17-16-32-13-10-20-48-32)29(6)21-35(41(46)51-34)43(31,40)47/h9-14,16-21,25-26,28,33-35,37-40,47H,8,15,22-24H2,1-7H3/b11-9+,17-16+,27-14+,31-12+/t25-,26-,28-,33+,34-,35-,37-,38+,39+,40+,42+,43+/m0/s1. The van der Waals surface area contributed by atoms with Crippen molar-refractivity contribution >= 4 is 24.0 Å². The van der Waals surface area contributed by atoms with Crippen LogP contribution < -0.4 is 0 Å². The Morgan fingerprint density at radius 3 is 2.59 bits per heavy atom. The Balaban J connectivity index is 1.38. The summed E-state index contributed by atoms with van der Waals surface area (Å²) in [6, 6.07) is 3.41. The molecule has 12 atom stereocenters. The van der Waals surface area contributed by atoms with Gasteiger partial charge >= 0.3 is 17.9 Å². The van der Waals surface area contributed by atoms with E-state index in [-0.39, 0.29) is 36.9 Å². The van der Waals surface area contributed by atoms with Crippen LogP contribution in [0.4, 0.5) is 0 Å². The van der Waals surface area contributed by atoms with Crippen LogP contribution in [-0.4, -0.2) is 77.6 Å². The van der Waals surface area contributed by atoms with E-state index in [4.69, 9.17) is 32.8 Å². The minimum Gasteiger partial charge on any atom is -0.465 e. The van der Waals surface area contributed by atoms with Gasteiger partial charge in [-0.1, -0.05) is 70.6 Å². The van der Waals surface area contributed by atoms with Gasteiger partial charge < -0.3 is 37.9 Å². The Morgan fingerprint density at radius 1 is 1.07 bits per heavy atom. The quantitative estimate of drug-likeness (QED) is 0.143. The van der Waals surface area contributed by atoms with Gasteiger partial charge in [-0.2, -0.15) is 0 Å². The maximum absolute atomic E-state index is 14.4. The average molecular weight is 747 g/mol. The third-order valence-corrected chi connectivity index (χ3v) is 11.5. The molecule has 292 valence electrons. The molecular weight excluding hydrogens is 692 g/mol. The topological polar surface area (TPSA) is 140 Å². The molecule has 2 fully saturated rings. The first-order valence-electron chi connectivity index (χ1n) is 19.1. The van der Waals surface area contributed by atoms with Crippen LogP contribution in [0.1, 0.15) is 79.9 Å². The summed E-state index contributed by atoms with van der Waals surface area (Å²) in [7, 11) is 0. The summed E-state index contributed by atoms with van der Waals surface area (Å²) in [5.74, 6) is -3.35. The summed E-state index contributed by atoms with van der Waals surface area (Å²) in [4.78, 5) is 39.7. The number of allylic oxidation sites excluding steroid dienone is 2. The molecule has 5 heterocycles. The highest BCUT2D eigenvalue weighted by atomic mass is 16.7. The lowest BCUT2D eigenvalue weighted by Crippen LogP contribution is -2.59. The van der Waals surface area contributed by atoms with Crippen molar-refractivity contribution in [3.05, 3.63) is 89.5 Å². The van der Waals surface area contributed by atoms with E-state index in [9.17, 15) is 19.5 Å². The van der Waals surface area contributed by atoms with Crippen molar-refractivity contribution in [1.82, 2.24) is 0 Å². The van der Waals surface area contributed by atoms with Crippen molar-refractivity contribution in [2.24, 2.45) is 23.7 Å². The third-order valence-electron chi connectivity index (χ3n) is 11.5. The van der Waals surface area contributed by atoms with Gasteiger partial charge in [0, 0.05) is 37.7 Å². The van der Waals surface area contributed by atoms with E-state index in [2.05, 4.69) is 26.8 Å². The molecular formula is C43H54O11. The number of ether oxygens (including phenoxy) is 6. The lowest BCUT2D eigenvalue weighted by atomic mass is 9.70. The minimum absolute atomic E-state index is 0.0242. The van der Waals surface area contributed by atoms with Gasteiger partial charge in [-0.15, -0.1) is 0 Å². The number of carbonyl (C=O) groups excluding carboxylic acids is 3. The number of hydrogen-bond donors (Lipinski definition) is 1. The van der Waals surface area contributed by atoms with Crippen molar-refractivity contribution in [1.29, 1.82) is 0 Å². The Kier molecular flexibility index (Phi) is 12.0. The van der Waals surface area contributed by atoms with Crippen LogP contribution in [0.5, 0.6) is 0 Å². The van der Waals surface area contributed by atoms with Crippen LogP contribution in [0, 0.1) is 23.7 Å². The molecule has 54 heavy (non-hydrogen) atoms. The van der Waals surface area contributed by atoms with Gasteiger partial charge in [0.25, 0.3) is 0 Å². The second-order valence-electron chi connectivity index (χ2n) is 15.5. The highest BCUT2D eigenvalue weighted by molar-refractivity contribution is 5.87. The molecule has 0 amide bonds. The largest absolute Gasteiger partial charge is 0.465 e. The number of rotatable bonds is 6. The highest BCUT2D eigenvalue weighted by Crippen LogP contribution is 2.47. The molecule has 0 radical (unpaired) electrons. The zero-order chi connectivity index (χ0) is 38.8. The number of esters is 3. The van der Waals surface area contributed by atoms with Gasteiger partial charge in [0.2, 0.25) is 0 Å². The number of furan rings is 1. The van der Waals surface area contributed by atoms with Crippen molar-refractivity contribution in [3.8, 4) is 0 Å². The first-order chi connectivity index (χ1) is 25.7. The van der Waals surface area contributed by atoms with E-state index in [1.165, 1.54) is 25.3 Å². The molecule has 0 saturated carbocycles. The van der Waals surface area contributed by atoms with Crippen molar-refractivity contribution in [2.75, 3.05) is 6.61 Å². The molecule has 1 spiro atoms. The lowest BCUT2D eigenvalue weighted by Gasteiger charge is -2.48. The van der Waals surface area contributed by atoms with E-state index < -0.39 is 65.7 Å². The minimum atomic E-state index is -1.91. The summed E-state index contributed by atoms with van der Waals surface area (Å²) in [5, 5.41) is 12.7. The molecule has 6 rings (SSSR count). The van der Waals surface area contributed by atoms with Crippen LogP contribution >= 0.6 is 0 Å². The van der Waals surface area contributed by atoms with Crippen molar-refractivity contribution < 1.29 is 52.3 Å². The van der Waals surface area contributed by atoms with Gasteiger partial charge in [0.1, 0.15) is 35.6 Å². The Bertz CT molecular complexity index is 1730. The predicted octanol–water partition coefficient (Wildman–Crippen LogP) is 6.74. The van der Waals surface area contributed by atoms with Gasteiger partial charge in [0.05, 0.1) is 25.1 Å². The van der Waals surface area contributed by atoms with E-state index in [1.54, 1.807) is 37.3 Å². The zero-order valence-corrected chi connectivity index (χ0v) is 32.3. The fourth-order valence-corrected chi connectivity index (χ4v) is 8.36. The lowest BCUT2D eigenvalue weighted by molar-refractivity contribution is -0.300. The molecule has 4 aliphatic heterocycles. The SMILES string of the molecule is CC[C@H](C)[C@H]1O[C@]2(C=C[C@@H]1C)C[C@@H]1C[C@@H](C/C=C(\C)[C@@H](OC(C)=O)[C@@H](C)/C=C/C=C3\CO[C@@H]4[C@H](OC(=O)/C=C/c5ccco5)C(C)=C[C@@H](C(=O)O1)[C@]34O)O2. The molecule has 5 aliphatic rings. The maximum atomic E-state index is 14.4.